The van der Waals surface area contributed by atoms with Crippen molar-refractivity contribution in [3.05, 3.63) is 50.3 Å². The van der Waals surface area contributed by atoms with Crippen molar-refractivity contribution < 1.29 is 13.9 Å². The van der Waals surface area contributed by atoms with Gasteiger partial charge in [0.2, 0.25) is 0 Å². The molecule has 3 heterocycles. The summed E-state index contributed by atoms with van der Waals surface area (Å²) in [6, 6.07) is 1.56. The molecule has 1 N–H and O–H groups in total. The van der Waals surface area contributed by atoms with E-state index in [1.807, 2.05) is 6.92 Å². The van der Waals surface area contributed by atoms with Gasteiger partial charge in [-0.15, -0.1) is 11.3 Å². The van der Waals surface area contributed by atoms with E-state index in [2.05, 4.69) is 23.8 Å². The predicted molar refractivity (Wildman–Crippen MR) is 101 cm³/mol. The molecule has 0 fully saturated rings. The Morgan fingerprint density at radius 2 is 2.19 bits per heavy atom. The van der Waals surface area contributed by atoms with Crippen molar-refractivity contribution in [3.8, 4) is 0 Å². The maximum Gasteiger partial charge on any atom is 0.342 e. The normalized spacial score (nSPS) is 12.5. The minimum absolute atomic E-state index is 0.0910. The number of ether oxygens (including phenoxy) is 1. The van der Waals surface area contributed by atoms with Crippen LogP contribution < -0.4 is 5.56 Å². The van der Waals surface area contributed by atoms with E-state index >= 15 is 0 Å². The van der Waals surface area contributed by atoms with Crippen LogP contribution in [0.1, 0.15) is 52.7 Å². The fraction of sp³-hybridized carbons (Fsp3) is 0.421. The van der Waals surface area contributed by atoms with Crippen molar-refractivity contribution in [3.63, 3.8) is 0 Å². The van der Waals surface area contributed by atoms with Gasteiger partial charge in [-0.2, -0.15) is 0 Å². The highest BCUT2D eigenvalue weighted by atomic mass is 32.1. The largest absolute Gasteiger partial charge is 0.469 e. The second-order valence-corrected chi connectivity index (χ2v) is 7.72. The lowest BCUT2D eigenvalue weighted by Gasteiger charge is -2.08. The Hall–Kier alpha value is -2.41. The van der Waals surface area contributed by atoms with Gasteiger partial charge in [0.1, 0.15) is 28.6 Å². The predicted octanol–water partition coefficient (Wildman–Crippen LogP) is 4.14. The molecule has 138 valence electrons. The number of thiophene rings is 1. The van der Waals surface area contributed by atoms with E-state index in [0.717, 1.165) is 23.3 Å². The first kappa shape index (κ1) is 18.4. The summed E-state index contributed by atoms with van der Waals surface area (Å²) in [4.78, 5) is 33.7. The third-order valence-corrected chi connectivity index (χ3v) is 5.62. The molecule has 0 aliphatic carbocycles. The van der Waals surface area contributed by atoms with E-state index in [1.54, 1.807) is 13.0 Å². The standard InChI is InChI=1S/C19H22N2O4S/c1-5-10(2)8-14-12(4)26-18-16(14)17(22)20-15(21-18)9-25-19(23)13-6-7-24-11(13)3/h6-7,10H,5,8-9H2,1-4H3,(H,20,21,22)/t10-/m1/s1. The quantitative estimate of drug-likeness (QED) is 0.656. The molecular formula is C19H22N2O4S. The molecule has 0 aliphatic rings. The molecule has 0 saturated carbocycles. The van der Waals surface area contributed by atoms with E-state index in [0.29, 0.717) is 33.3 Å². The van der Waals surface area contributed by atoms with Crippen LogP contribution in [0.2, 0.25) is 0 Å². The molecule has 0 radical (unpaired) electrons. The number of hydrogen-bond donors (Lipinski definition) is 1. The molecule has 7 heteroatoms. The highest BCUT2D eigenvalue weighted by Gasteiger charge is 2.18. The van der Waals surface area contributed by atoms with Crippen molar-refractivity contribution in [2.75, 3.05) is 0 Å². The molecule has 6 nitrogen and oxygen atoms in total. The number of furan rings is 1. The lowest BCUT2D eigenvalue weighted by Crippen LogP contribution is -2.15. The zero-order valence-corrected chi connectivity index (χ0v) is 16.2. The Kier molecular flexibility index (Phi) is 5.27. The number of aromatic nitrogens is 2. The van der Waals surface area contributed by atoms with Gasteiger partial charge in [0.15, 0.2) is 0 Å². The molecule has 0 aliphatic heterocycles. The summed E-state index contributed by atoms with van der Waals surface area (Å²) in [5.41, 5.74) is 1.27. The van der Waals surface area contributed by atoms with Crippen LogP contribution in [-0.2, 0) is 17.8 Å². The Balaban J connectivity index is 1.84. The molecule has 0 unspecified atom stereocenters. The third kappa shape index (κ3) is 3.58. The number of rotatable bonds is 6. The minimum Gasteiger partial charge on any atom is -0.469 e. The van der Waals surface area contributed by atoms with Crippen molar-refractivity contribution in [2.45, 2.75) is 47.1 Å². The maximum absolute atomic E-state index is 12.6. The van der Waals surface area contributed by atoms with Gasteiger partial charge in [0, 0.05) is 4.88 Å². The summed E-state index contributed by atoms with van der Waals surface area (Å²) in [5.74, 6) is 0.840. The third-order valence-electron chi connectivity index (χ3n) is 4.58. The van der Waals surface area contributed by atoms with Gasteiger partial charge in [-0.1, -0.05) is 20.3 Å². The highest BCUT2D eigenvalue weighted by Crippen LogP contribution is 2.29. The number of carbonyl (C=O) groups is 1. The molecule has 3 rings (SSSR count). The van der Waals surface area contributed by atoms with Gasteiger partial charge >= 0.3 is 5.97 Å². The van der Waals surface area contributed by atoms with Crippen molar-refractivity contribution >= 4 is 27.5 Å². The molecule has 0 spiro atoms. The van der Waals surface area contributed by atoms with Gasteiger partial charge in [-0.3, -0.25) is 4.79 Å². The Bertz CT molecular complexity index is 999. The van der Waals surface area contributed by atoms with E-state index in [-0.39, 0.29) is 12.2 Å². The summed E-state index contributed by atoms with van der Waals surface area (Å²) < 4.78 is 10.3. The van der Waals surface area contributed by atoms with Crippen LogP contribution in [0.15, 0.2) is 21.5 Å². The zero-order chi connectivity index (χ0) is 18.8. The van der Waals surface area contributed by atoms with Gasteiger partial charge in [-0.05, 0) is 37.8 Å². The Morgan fingerprint density at radius 3 is 2.85 bits per heavy atom. The van der Waals surface area contributed by atoms with Crippen LogP contribution in [-0.4, -0.2) is 15.9 Å². The summed E-state index contributed by atoms with van der Waals surface area (Å²) in [6.07, 6.45) is 3.36. The number of aromatic amines is 1. The number of hydrogen-bond acceptors (Lipinski definition) is 6. The van der Waals surface area contributed by atoms with Gasteiger partial charge in [0.05, 0.1) is 11.6 Å². The average Bonchev–Trinajstić information content (AvgIpc) is 3.16. The second-order valence-electron chi connectivity index (χ2n) is 6.51. The summed E-state index contributed by atoms with van der Waals surface area (Å²) in [7, 11) is 0. The van der Waals surface area contributed by atoms with E-state index in [9.17, 15) is 9.59 Å². The number of esters is 1. The molecular weight excluding hydrogens is 352 g/mol. The molecule has 3 aromatic heterocycles. The van der Waals surface area contributed by atoms with E-state index in [1.165, 1.54) is 17.6 Å². The number of nitrogens with one attached hydrogen (secondary N) is 1. The lowest BCUT2D eigenvalue weighted by molar-refractivity contribution is 0.0460. The van der Waals surface area contributed by atoms with Crippen molar-refractivity contribution in [2.24, 2.45) is 5.92 Å². The van der Waals surface area contributed by atoms with Crippen LogP contribution in [0, 0.1) is 19.8 Å². The second kappa shape index (κ2) is 7.45. The summed E-state index contributed by atoms with van der Waals surface area (Å²) in [5, 5.41) is 0.661. The molecule has 3 aromatic rings. The molecule has 0 bridgehead atoms. The van der Waals surface area contributed by atoms with E-state index < -0.39 is 5.97 Å². The van der Waals surface area contributed by atoms with Gasteiger partial charge in [-0.25, -0.2) is 9.78 Å². The Labute approximate surface area is 155 Å². The maximum atomic E-state index is 12.6. The number of nitrogens with zero attached hydrogens (tertiary/aromatic N) is 1. The van der Waals surface area contributed by atoms with Crippen LogP contribution in [0.25, 0.3) is 10.2 Å². The fourth-order valence-corrected chi connectivity index (χ4v) is 3.91. The Morgan fingerprint density at radius 1 is 1.42 bits per heavy atom. The van der Waals surface area contributed by atoms with Crippen LogP contribution in [0.4, 0.5) is 0 Å². The van der Waals surface area contributed by atoms with Crippen molar-refractivity contribution in [1.29, 1.82) is 0 Å². The van der Waals surface area contributed by atoms with Crippen LogP contribution in [0.3, 0.4) is 0 Å². The topological polar surface area (TPSA) is 85.2 Å². The minimum atomic E-state index is -0.501. The van der Waals surface area contributed by atoms with Crippen molar-refractivity contribution in [1.82, 2.24) is 9.97 Å². The first-order valence-corrected chi connectivity index (χ1v) is 9.44. The highest BCUT2D eigenvalue weighted by molar-refractivity contribution is 7.18. The molecule has 1 atom stereocenters. The molecule has 0 amide bonds. The molecule has 0 aromatic carbocycles. The lowest BCUT2D eigenvalue weighted by atomic mass is 9.98. The molecule has 0 saturated heterocycles. The zero-order valence-electron chi connectivity index (χ0n) is 15.3. The average molecular weight is 374 g/mol. The van der Waals surface area contributed by atoms with Crippen LogP contribution >= 0.6 is 11.3 Å². The van der Waals surface area contributed by atoms with Gasteiger partial charge < -0.3 is 14.1 Å². The number of fused-ring (bicyclic) bond motifs is 1. The van der Waals surface area contributed by atoms with E-state index in [4.69, 9.17) is 9.15 Å². The SMILES string of the molecule is CC[C@@H](C)Cc1c(C)sc2nc(COC(=O)c3ccoc3C)[nH]c(=O)c12. The molecule has 26 heavy (non-hydrogen) atoms. The summed E-state index contributed by atoms with van der Waals surface area (Å²) in [6.45, 7) is 7.94. The number of aryl methyl sites for hydroxylation is 2. The first-order valence-electron chi connectivity index (χ1n) is 8.63. The summed E-state index contributed by atoms with van der Waals surface area (Å²) >= 11 is 1.51. The van der Waals surface area contributed by atoms with Gasteiger partial charge in [0.25, 0.3) is 5.56 Å². The fourth-order valence-electron chi connectivity index (χ4n) is 2.84. The smallest absolute Gasteiger partial charge is 0.342 e. The number of carbonyl (C=O) groups excluding carboxylic acids is 1. The van der Waals surface area contributed by atoms with Crippen LogP contribution in [0.5, 0.6) is 0 Å². The monoisotopic (exact) mass is 374 g/mol. The number of H-pyrrole nitrogens is 1. The first-order chi connectivity index (χ1) is 12.4.